The van der Waals surface area contributed by atoms with Crippen LogP contribution in [0.5, 0.6) is 0 Å². The van der Waals surface area contributed by atoms with Crippen molar-refractivity contribution >= 4 is 11.9 Å². The summed E-state index contributed by atoms with van der Waals surface area (Å²) in [6.45, 7) is 5.80. The van der Waals surface area contributed by atoms with Gasteiger partial charge in [0.1, 0.15) is 0 Å². The van der Waals surface area contributed by atoms with E-state index in [1.807, 2.05) is 30.2 Å². The van der Waals surface area contributed by atoms with Crippen molar-refractivity contribution in [2.45, 2.75) is 26.3 Å². The van der Waals surface area contributed by atoms with Gasteiger partial charge in [-0.1, -0.05) is 6.07 Å². The maximum Gasteiger partial charge on any atom is 0.257 e. The highest BCUT2D eigenvalue weighted by Crippen LogP contribution is 2.40. The summed E-state index contributed by atoms with van der Waals surface area (Å²) >= 11 is 0. The molecule has 2 aromatic rings. The number of carbonyl (C=O) groups is 1. The topological polar surface area (TPSA) is 80.2 Å². The smallest absolute Gasteiger partial charge is 0.257 e. The molecule has 0 aliphatic carbocycles. The summed E-state index contributed by atoms with van der Waals surface area (Å²) < 4.78 is 5.42. The highest BCUT2D eigenvalue weighted by atomic mass is 16.5. The average molecular weight is 355 g/mol. The number of anilines is 1. The van der Waals surface area contributed by atoms with Crippen molar-refractivity contribution in [2.24, 2.45) is 5.41 Å². The fraction of sp³-hybridized carbons (Fsp3) is 0.474. The highest BCUT2D eigenvalue weighted by molar-refractivity contribution is 5.94. The van der Waals surface area contributed by atoms with Gasteiger partial charge in [0.15, 0.2) is 0 Å². The number of aromatic nitrogens is 3. The Balaban J connectivity index is 0.00000210. The second-order valence-electron chi connectivity index (χ2n) is 7.23. The lowest BCUT2D eigenvalue weighted by Crippen LogP contribution is -2.60. The van der Waals surface area contributed by atoms with Crippen molar-refractivity contribution in [3.63, 3.8) is 0 Å². The summed E-state index contributed by atoms with van der Waals surface area (Å²) in [5, 5.41) is 3.15. The molecule has 0 saturated carbocycles. The summed E-state index contributed by atoms with van der Waals surface area (Å²) in [4.78, 5) is 27.2. The van der Waals surface area contributed by atoms with Crippen LogP contribution in [0.4, 0.5) is 5.95 Å². The highest BCUT2D eigenvalue weighted by Gasteiger charge is 2.45. The normalized spacial score (nSPS) is 18.4. The van der Waals surface area contributed by atoms with E-state index in [-0.39, 0.29) is 12.7 Å². The first-order valence-electron chi connectivity index (χ1n) is 8.98. The summed E-state index contributed by atoms with van der Waals surface area (Å²) in [6, 6.07) is 3.99. The number of pyridine rings is 1. The van der Waals surface area contributed by atoms with Gasteiger partial charge < -0.3 is 15.0 Å². The van der Waals surface area contributed by atoms with Crippen molar-refractivity contribution < 1.29 is 11.0 Å². The molecular formula is C19H25N5O2. The molecule has 0 bridgehead atoms. The molecule has 0 aromatic carbocycles. The molecule has 7 nitrogen and oxygen atoms in total. The zero-order chi connectivity index (χ0) is 18.0. The molecule has 4 rings (SSSR count). The van der Waals surface area contributed by atoms with Crippen molar-refractivity contribution in [3.05, 3.63) is 47.5 Å². The number of nitrogens with zero attached hydrogens (tertiary/aromatic N) is 4. The number of likely N-dealkylation sites (tertiary alicyclic amines) is 1. The minimum Gasteiger partial charge on any atom is -0.381 e. The van der Waals surface area contributed by atoms with Gasteiger partial charge >= 0.3 is 0 Å². The van der Waals surface area contributed by atoms with Gasteiger partial charge in [-0.05, 0) is 31.4 Å². The molecule has 4 heterocycles. The Bertz CT molecular complexity index is 768. The van der Waals surface area contributed by atoms with Crippen molar-refractivity contribution in [2.75, 3.05) is 31.6 Å². The maximum atomic E-state index is 12.6. The zero-order valence-electron chi connectivity index (χ0n) is 14.9. The van der Waals surface area contributed by atoms with Crippen LogP contribution in [-0.4, -0.2) is 52.1 Å². The quantitative estimate of drug-likeness (QED) is 0.906. The number of hydrogen-bond donors (Lipinski definition) is 1. The standard InChI is InChI=1S/C19H23N5O2.H2/c1-14-2-3-15(8-20-14)9-21-18-22-10-16(11-23-18)17(25)24-12-19(13-24)4-6-26-7-5-19;/h2-3,8,10-11H,4-7,9,12-13H2,1H3,(H,21,22,23);1H. The van der Waals surface area contributed by atoms with Gasteiger partial charge in [-0.2, -0.15) is 0 Å². The molecular weight excluding hydrogens is 330 g/mol. The summed E-state index contributed by atoms with van der Waals surface area (Å²) in [5.74, 6) is 0.517. The van der Waals surface area contributed by atoms with Crippen molar-refractivity contribution in [1.82, 2.24) is 19.9 Å². The largest absolute Gasteiger partial charge is 0.381 e. The molecule has 2 aliphatic heterocycles. The monoisotopic (exact) mass is 355 g/mol. The van der Waals surface area contributed by atoms with Crippen LogP contribution < -0.4 is 5.32 Å². The van der Waals surface area contributed by atoms with Crippen LogP contribution >= 0.6 is 0 Å². The van der Waals surface area contributed by atoms with E-state index in [1.165, 1.54) is 0 Å². The number of hydrogen-bond acceptors (Lipinski definition) is 6. The molecule has 2 saturated heterocycles. The van der Waals surface area contributed by atoms with E-state index in [2.05, 4.69) is 20.3 Å². The molecule has 2 fully saturated rings. The lowest BCUT2D eigenvalue weighted by atomic mass is 9.73. The molecule has 7 heteroatoms. The predicted octanol–water partition coefficient (Wildman–Crippen LogP) is 2.29. The first kappa shape index (κ1) is 16.9. The number of carbonyl (C=O) groups excluding carboxylic acids is 1. The number of nitrogens with one attached hydrogen (secondary N) is 1. The van der Waals surface area contributed by atoms with E-state index in [0.29, 0.717) is 18.1 Å². The third-order valence-corrected chi connectivity index (χ3v) is 5.22. The summed E-state index contributed by atoms with van der Waals surface area (Å²) in [6.07, 6.45) is 7.12. The number of aryl methyl sites for hydroxylation is 1. The molecule has 0 radical (unpaired) electrons. The molecule has 2 aliphatic rings. The van der Waals surface area contributed by atoms with E-state index in [9.17, 15) is 4.79 Å². The van der Waals surface area contributed by atoms with Gasteiger partial charge in [-0.15, -0.1) is 0 Å². The van der Waals surface area contributed by atoms with Crippen molar-refractivity contribution in [1.29, 1.82) is 0 Å². The Hall–Kier alpha value is -2.54. The van der Waals surface area contributed by atoms with E-state index in [0.717, 1.165) is 50.4 Å². The Morgan fingerprint density at radius 1 is 1.19 bits per heavy atom. The number of rotatable bonds is 4. The van der Waals surface area contributed by atoms with Crippen LogP contribution in [0.1, 0.15) is 35.9 Å². The second-order valence-corrected chi connectivity index (χ2v) is 7.23. The van der Waals surface area contributed by atoms with Crippen molar-refractivity contribution in [3.8, 4) is 0 Å². The minimum absolute atomic E-state index is 0. The third kappa shape index (κ3) is 3.53. The van der Waals surface area contributed by atoms with Crippen LogP contribution in [0.15, 0.2) is 30.7 Å². The second kappa shape index (κ2) is 6.99. The van der Waals surface area contributed by atoms with Crippen LogP contribution in [0.25, 0.3) is 0 Å². The number of amides is 1. The van der Waals surface area contributed by atoms with Gasteiger partial charge in [-0.25, -0.2) is 9.97 Å². The fourth-order valence-corrected chi connectivity index (χ4v) is 3.52. The summed E-state index contributed by atoms with van der Waals surface area (Å²) in [5.41, 5.74) is 2.86. The molecule has 26 heavy (non-hydrogen) atoms. The van der Waals surface area contributed by atoms with E-state index >= 15 is 0 Å². The molecule has 1 spiro atoms. The Morgan fingerprint density at radius 3 is 2.58 bits per heavy atom. The first-order chi connectivity index (χ1) is 12.6. The van der Waals surface area contributed by atoms with E-state index < -0.39 is 0 Å². The number of ether oxygens (including phenoxy) is 1. The zero-order valence-corrected chi connectivity index (χ0v) is 14.9. The predicted molar refractivity (Wildman–Crippen MR) is 98.8 cm³/mol. The average Bonchev–Trinajstić information content (AvgIpc) is 2.66. The SMILES string of the molecule is Cc1ccc(CNc2ncc(C(=O)N3CC4(CCOCC4)C3)cn2)cn1.[HH]. The molecule has 2 aromatic heterocycles. The Labute approximate surface area is 154 Å². The Kier molecular flexibility index (Phi) is 4.55. The van der Waals surface area contributed by atoms with Gasteiger partial charge in [0, 0.05) is 64.0 Å². The fourth-order valence-electron chi connectivity index (χ4n) is 3.52. The molecule has 138 valence electrons. The van der Waals surface area contributed by atoms with Crippen LogP contribution in [0.3, 0.4) is 0 Å². The van der Waals surface area contributed by atoms with Crippen LogP contribution in [0, 0.1) is 12.3 Å². The molecule has 1 amide bonds. The van der Waals surface area contributed by atoms with Crippen LogP contribution in [-0.2, 0) is 11.3 Å². The molecule has 1 N–H and O–H groups in total. The lowest BCUT2D eigenvalue weighted by Gasteiger charge is -2.52. The van der Waals surface area contributed by atoms with Gasteiger partial charge in [0.2, 0.25) is 5.95 Å². The third-order valence-electron chi connectivity index (χ3n) is 5.22. The Morgan fingerprint density at radius 2 is 1.92 bits per heavy atom. The van der Waals surface area contributed by atoms with Gasteiger partial charge in [-0.3, -0.25) is 9.78 Å². The molecule has 0 unspecified atom stereocenters. The van der Waals surface area contributed by atoms with Gasteiger partial charge in [0.25, 0.3) is 5.91 Å². The first-order valence-corrected chi connectivity index (χ1v) is 8.98. The van der Waals surface area contributed by atoms with Gasteiger partial charge in [0.05, 0.1) is 5.56 Å². The lowest BCUT2D eigenvalue weighted by molar-refractivity contribution is -0.0666. The van der Waals surface area contributed by atoms with Crippen LogP contribution in [0.2, 0.25) is 0 Å². The van der Waals surface area contributed by atoms with E-state index in [1.54, 1.807) is 12.4 Å². The molecule has 0 atom stereocenters. The summed E-state index contributed by atoms with van der Waals surface area (Å²) in [7, 11) is 0. The minimum atomic E-state index is 0. The maximum absolute atomic E-state index is 12.6. The van der Waals surface area contributed by atoms with E-state index in [4.69, 9.17) is 4.74 Å².